The SMILES string of the molecule is CC(CNCc1cccc(C(=O)O)n1)N1CCCC1. The average molecular weight is 263 g/mol. The topological polar surface area (TPSA) is 65.5 Å². The third-order valence-corrected chi connectivity index (χ3v) is 3.54. The number of rotatable bonds is 6. The number of hydrogen-bond donors (Lipinski definition) is 2. The molecular weight excluding hydrogens is 242 g/mol. The predicted octanol–water partition coefficient (Wildman–Crippen LogP) is 1.35. The number of carboxylic acids is 1. The molecule has 1 aliphatic rings. The van der Waals surface area contributed by atoms with E-state index in [1.807, 2.05) is 6.07 Å². The smallest absolute Gasteiger partial charge is 0.354 e. The highest BCUT2D eigenvalue weighted by molar-refractivity contribution is 5.85. The van der Waals surface area contributed by atoms with Crippen LogP contribution in [0.5, 0.6) is 0 Å². The van der Waals surface area contributed by atoms with Crippen LogP contribution in [0.2, 0.25) is 0 Å². The molecule has 104 valence electrons. The number of aromatic nitrogens is 1. The van der Waals surface area contributed by atoms with Gasteiger partial charge in [0.05, 0.1) is 5.69 Å². The summed E-state index contributed by atoms with van der Waals surface area (Å²) in [5.41, 5.74) is 0.875. The Kier molecular flexibility index (Phi) is 4.87. The summed E-state index contributed by atoms with van der Waals surface area (Å²) in [6, 6.07) is 5.61. The summed E-state index contributed by atoms with van der Waals surface area (Å²) < 4.78 is 0. The molecule has 0 saturated carbocycles. The minimum atomic E-state index is -0.979. The van der Waals surface area contributed by atoms with Gasteiger partial charge in [-0.1, -0.05) is 6.07 Å². The second-order valence-corrected chi connectivity index (χ2v) is 5.04. The van der Waals surface area contributed by atoms with Crippen LogP contribution in [0.3, 0.4) is 0 Å². The largest absolute Gasteiger partial charge is 0.477 e. The van der Waals surface area contributed by atoms with Crippen LogP contribution in [-0.4, -0.2) is 46.6 Å². The molecule has 1 saturated heterocycles. The van der Waals surface area contributed by atoms with Gasteiger partial charge in [0.15, 0.2) is 0 Å². The van der Waals surface area contributed by atoms with E-state index in [0.717, 1.165) is 12.2 Å². The van der Waals surface area contributed by atoms with Gasteiger partial charge < -0.3 is 10.4 Å². The van der Waals surface area contributed by atoms with Gasteiger partial charge in [0, 0.05) is 19.1 Å². The van der Waals surface area contributed by atoms with Gasteiger partial charge in [0.2, 0.25) is 0 Å². The van der Waals surface area contributed by atoms with Crippen LogP contribution in [0.4, 0.5) is 0 Å². The number of likely N-dealkylation sites (tertiary alicyclic amines) is 1. The van der Waals surface area contributed by atoms with Crippen LogP contribution < -0.4 is 5.32 Å². The number of hydrogen-bond acceptors (Lipinski definition) is 4. The van der Waals surface area contributed by atoms with Gasteiger partial charge in [-0.2, -0.15) is 0 Å². The Morgan fingerprint density at radius 2 is 2.21 bits per heavy atom. The summed E-state index contributed by atoms with van der Waals surface area (Å²) in [5, 5.41) is 12.2. The number of carboxylic acid groups (broad SMARTS) is 1. The molecule has 1 aliphatic heterocycles. The van der Waals surface area contributed by atoms with Crippen molar-refractivity contribution in [1.82, 2.24) is 15.2 Å². The maximum atomic E-state index is 10.8. The fourth-order valence-electron chi connectivity index (χ4n) is 2.42. The first-order valence-corrected chi connectivity index (χ1v) is 6.81. The molecule has 2 N–H and O–H groups in total. The van der Waals surface area contributed by atoms with Gasteiger partial charge in [-0.15, -0.1) is 0 Å². The minimum Gasteiger partial charge on any atom is -0.477 e. The molecule has 0 bridgehead atoms. The van der Waals surface area contributed by atoms with Crippen molar-refractivity contribution < 1.29 is 9.90 Å². The molecule has 2 rings (SSSR count). The second kappa shape index (κ2) is 6.63. The van der Waals surface area contributed by atoms with Gasteiger partial charge in [0.25, 0.3) is 0 Å². The van der Waals surface area contributed by atoms with Crippen LogP contribution in [0, 0.1) is 0 Å². The van der Waals surface area contributed by atoms with Gasteiger partial charge in [-0.3, -0.25) is 4.90 Å². The first-order chi connectivity index (χ1) is 9.16. The first kappa shape index (κ1) is 14.0. The summed E-state index contributed by atoms with van der Waals surface area (Å²) >= 11 is 0. The number of aromatic carboxylic acids is 1. The lowest BCUT2D eigenvalue weighted by molar-refractivity contribution is 0.0690. The van der Waals surface area contributed by atoms with E-state index in [1.54, 1.807) is 6.07 Å². The fraction of sp³-hybridized carbons (Fsp3) is 0.571. The molecule has 0 aliphatic carbocycles. The van der Waals surface area contributed by atoms with Crippen molar-refractivity contribution in [3.63, 3.8) is 0 Å². The highest BCUT2D eigenvalue weighted by atomic mass is 16.4. The number of nitrogens with one attached hydrogen (secondary N) is 1. The Hall–Kier alpha value is -1.46. The third-order valence-electron chi connectivity index (χ3n) is 3.54. The Bertz CT molecular complexity index is 430. The quantitative estimate of drug-likeness (QED) is 0.811. The number of nitrogens with zero attached hydrogens (tertiary/aromatic N) is 2. The maximum absolute atomic E-state index is 10.8. The van der Waals surface area contributed by atoms with Crippen molar-refractivity contribution in [2.75, 3.05) is 19.6 Å². The molecule has 1 aromatic rings. The van der Waals surface area contributed by atoms with Gasteiger partial charge in [-0.05, 0) is 45.0 Å². The normalized spacial score (nSPS) is 17.5. The van der Waals surface area contributed by atoms with E-state index in [-0.39, 0.29) is 5.69 Å². The van der Waals surface area contributed by atoms with Gasteiger partial charge >= 0.3 is 5.97 Å². The summed E-state index contributed by atoms with van der Waals surface area (Å²) in [7, 11) is 0. The van der Waals surface area contributed by atoms with Crippen LogP contribution in [0.25, 0.3) is 0 Å². The van der Waals surface area contributed by atoms with Crippen LogP contribution >= 0.6 is 0 Å². The zero-order valence-electron chi connectivity index (χ0n) is 11.3. The van der Waals surface area contributed by atoms with E-state index in [9.17, 15) is 4.79 Å². The van der Waals surface area contributed by atoms with Crippen molar-refractivity contribution >= 4 is 5.97 Å². The lowest BCUT2D eigenvalue weighted by atomic mass is 10.2. The van der Waals surface area contributed by atoms with Gasteiger partial charge in [-0.25, -0.2) is 9.78 Å². The lowest BCUT2D eigenvalue weighted by Crippen LogP contribution is -2.38. The second-order valence-electron chi connectivity index (χ2n) is 5.04. The summed E-state index contributed by atoms with van der Waals surface area (Å²) in [4.78, 5) is 17.4. The molecular formula is C14H21N3O2. The van der Waals surface area contributed by atoms with Crippen molar-refractivity contribution in [3.8, 4) is 0 Å². The summed E-state index contributed by atoms with van der Waals surface area (Å²) in [6.45, 7) is 6.11. The molecule has 2 heterocycles. The molecule has 1 aromatic heterocycles. The summed E-state index contributed by atoms with van der Waals surface area (Å²) in [6.07, 6.45) is 2.60. The van der Waals surface area contributed by atoms with Crippen molar-refractivity contribution in [1.29, 1.82) is 0 Å². The molecule has 0 aromatic carbocycles. The highest BCUT2D eigenvalue weighted by Gasteiger charge is 2.17. The van der Waals surface area contributed by atoms with Crippen LogP contribution in [0.15, 0.2) is 18.2 Å². The molecule has 0 spiro atoms. The molecule has 1 unspecified atom stereocenters. The van der Waals surface area contributed by atoms with Crippen molar-refractivity contribution in [2.45, 2.75) is 32.4 Å². The summed E-state index contributed by atoms with van der Waals surface area (Å²) in [5.74, 6) is -0.979. The molecule has 19 heavy (non-hydrogen) atoms. The molecule has 1 atom stereocenters. The van der Waals surface area contributed by atoms with Crippen LogP contribution in [-0.2, 0) is 6.54 Å². The third kappa shape index (κ3) is 4.01. The standard InChI is InChI=1S/C14H21N3O2/c1-11(17-7-2-3-8-17)9-15-10-12-5-4-6-13(16-12)14(18)19/h4-6,11,15H,2-3,7-10H2,1H3,(H,18,19). The highest BCUT2D eigenvalue weighted by Crippen LogP contribution is 2.10. The minimum absolute atomic E-state index is 0.104. The zero-order chi connectivity index (χ0) is 13.7. The Morgan fingerprint density at radius 3 is 2.89 bits per heavy atom. The van der Waals surface area contributed by atoms with E-state index in [2.05, 4.69) is 22.1 Å². The molecule has 0 amide bonds. The van der Waals surface area contributed by atoms with E-state index in [1.165, 1.54) is 32.0 Å². The lowest BCUT2D eigenvalue weighted by Gasteiger charge is -2.23. The van der Waals surface area contributed by atoms with Crippen LogP contribution in [0.1, 0.15) is 35.9 Å². The monoisotopic (exact) mass is 263 g/mol. The molecule has 5 heteroatoms. The van der Waals surface area contributed by atoms with Gasteiger partial charge in [0.1, 0.15) is 5.69 Å². The zero-order valence-corrected chi connectivity index (χ0v) is 11.3. The predicted molar refractivity (Wildman–Crippen MR) is 73.2 cm³/mol. The Labute approximate surface area is 113 Å². The number of pyridine rings is 1. The molecule has 0 radical (unpaired) electrons. The van der Waals surface area contributed by atoms with E-state index in [0.29, 0.717) is 12.6 Å². The van der Waals surface area contributed by atoms with E-state index in [4.69, 9.17) is 5.11 Å². The van der Waals surface area contributed by atoms with Crippen molar-refractivity contribution in [2.24, 2.45) is 0 Å². The average Bonchev–Trinajstić information content (AvgIpc) is 2.93. The Balaban J connectivity index is 1.78. The van der Waals surface area contributed by atoms with Crippen molar-refractivity contribution in [3.05, 3.63) is 29.6 Å². The maximum Gasteiger partial charge on any atom is 0.354 e. The molecule has 1 fully saturated rings. The number of carbonyl (C=O) groups is 1. The van der Waals surface area contributed by atoms with E-state index < -0.39 is 5.97 Å². The molecule has 5 nitrogen and oxygen atoms in total. The Morgan fingerprint density at radius 1 is 1.47 bits per heavy atom. The fourth-order valence-corrected chi connectivity index (χ4v) is 2.42. The van der Waals surface area contributed by atoms with E-state index >= 15 is 0 Å². The first-order valence-electron chi connectivity index (χ1n) is 6.81.